The summed E-state index contributed by atoms with van der Waals surface area (Å²) in [5.41, 5.74) is 0. The van der Waals surface area contributed by atoms with Crippen LogP contribution in [0.25, 0.3) is 0 Å². The molecule has 0 unspecified atom stereocenters. The zero-order chi connectivity index (χ0) is 10.2. The molecule has 15 heavy (non-hydrogen) atoms. The van der Waals surface area contributed by atoms with Crippen LogP contribution in [0.3, 0.4) is 0 Å². The molecular formula is C11H20ClNOS. The summed E-state index contributed by atoms with van der Waals surface area (Å²) in [6.45, 7) is 7.89. The van der Waals surface area contributed by atoms with Gasteiger partial charge in [0.25, 0.3) is 0 Å². The van der Waals surface area contributed by atoms with Gasteiger partial charge in [-0.1, -0.05) is 0 Å². The number of rotatable bonds is 7. The third-order valence-electron chi connectivity index (χ3n) is 1.94. The van der Waals surface area contributed by atoms with Crippen molar-refractivity contribution in [2.75, 3.05) is 19.8 Å². The smallest absolute Gasteiger partial charge is 0.0477 e. The van der Waals surface area contributed by atoms with Crippen molar-refractivity contribution in [1.29, 1.82) is 0 Å². The van der Waals surface area contributed by atoms with E-state index in [0.29, 0.717) is 0 Å². The maximum atomic E-state index is 5.25. The highest BCUT2D eigenvalue weighted by molar-refractivity contribution is 7.11. The first-order valence-corrected chi connectivity index (χ1v) is 5.98. The quantitative estimate of drug-likeness (QED) is 0.751. The van der Waals surface area contributed by atoms with E-state index in [9.17, 15) is 0 Å². The molecule has 88 valence electrons. The molecule has 0 spiro atoms. The van der Waals surface area contributed by atoms with Crippen molar-refractivity contribution in [3.63, 3.8) is 0 Å². The van der Waals surface area contributed by atoms with Gasteiger partial charge >= 0.3 is 0 Å². The Morgan fingerprint density at radius 2 is 2.20 bits per heavy atom. The Morgan fingerprint density at radius 3 is 2.80 bits per heavy atom. The van der Waals surface area contributed by atoms with Crippen LogP contribution in [-0.2, 0) is 11.3 Å². The average molecular weight is 250 g/mol. The molecule has 1 aromatic rings. The Morgan fingerprint density at radius 1 is 1.40 bits per heavy atom. The Labute approximate surface area is 102 Å². The zero-order valence-corrected chi connectivity index (χ0v) is 11.0. The van der Waals surface area contributed by atoms with Crippen LogP contribution in [0.1, 0.15) is 23.1 Å². The molecule has 0 aliphatic heterocycles. The summed E-state index contributed by atoms with van der Waals surface area (Å²) in [6, 6.07) is 4.36. The van der Waals surface area contributed by atoms with E-state index in [1.165, 1.54) is 9.75 Å². The van der Waals surface area contributed by atoms with Gasteiger partial charge in [-0.3, -0.25) is 0 Å². The van der Waals surface area contributed by atoms with E-state index in [4.69, 9.17) is 4.74 Å². The normalized spacial score (nSPS) is 10.0. The van der Waals surface area contributed by atoms with Gasteiger partial charge in [0.2, 0.25) is 0 Å². The Kier molecular flexibility index (Phi) is 9.10. The second-order valence-corrected chi connectivity index (χ2v) is 4.61. The molecule has 4 heteroatoms. The summed E-state index contributed by atoms with van der Waals surface area (Å²) in [5, 5.41) is 3.40. The van der Waals surface area contributed by atoms with Gasteiger partial charge in [0.15, 0.2) is 0 Å². The second-order valence-electron chi connectivity index (χ2n) is 3.24. The maximum Gasteiger partial charge on any atom is 0.0477 e. The number of hydrogen-bond acceptors (Lipinski definition) is 3. The zero-order valence-electron chi connectivity index (χ0n) is 9.41. The van der Waals surface area contributed by atoms with E-state index in [1.54, 1.807) is 0 Å². The van der Waals surface area contributed by atoms with Crippen LogP contribution in [0.5, 0.6) is 0 Å². The maximum absolute atomic E-state index is 5.25. The minimum Gasteiger partial charge on any atom is -0.382 e. The highest BCUT2D eigenvalue weighted by atomic mass is 35.5. The fourth-order valence-corrected chi connectivity index (χ4v) is 2.10. The molecular weight excluding hydrogens is 230 g/mol. The predicted octanol–water partition coefficient (Wildman–Crippen LogP) is 2.99. The van der Waals surface area contributed by atoms with Gasteiger partial charge in [-0.15, -0.1) is 23.7 Å². The first kappa shape index (κ1) is 14.9. The van der Waals surface area contributed by atoms with Crippen LogP contribution >= 0.6 is 23.7 Å². The minimum atomic E-state index is 0. The van der Waals surface area contributed by atoms with Crippen LogP contribution in [0.4, 0.5) is 0 Å². The number of thiophene rings is 1. The lowest BCUT2D eigenvalue weighted by Crippen LogP contribution is -2.15. The third-order valence-corrected chi connectivity index (χ3v) is 2.94. The predicted molar refractivity (Wildman–Crippen MR) is 69.1 cm³/mol. The van der Waals surface area contributed by atoms with Crippen molar-refractivity contribution in [1.82, 2.24) is 5.32 Å². The van der Waals surface area contributed by atoms with Gasteiger partial charge in [-0.25, -0.2) is 0 Å². The summed E-state index contributed by atoms with van der Waals surface area (Å²) in [6.07, 6.45) is 1.10. The molecule has 0 aliphatic rings. The lowest BCUT2D eigenvalue weighted by molar-refractivity contribution is 0.144. The highest BCUT2D eigenvalue weighted by Gasteiger charge is 1.95. The van der Waals surface area contributed by atoms with E-state index in [1.807, 2.05) is 18.3 Å². The summed E-state index contributed by atoms with van der Waals surface area (Å²) in [7, 11) is 0. The van der Waals surface area contributed by atoms with Crippen molar-refractivity contribution >= 4 is 23.7 Å². The standard InChI is InChI=1S/C11H19NOS.ClH/c1-3-13-8-4-7-12-9-11-6-5-10(2)14-11;/h5-6,12H,3-4,7-9H2,1-2H3;1H. The van der Waals surface area contributed by atoms with Gasteiger partial charge in [0, 0.05) is 29.5 Å². The van der Waals surface area contributed by atoms with Gasteiger partial charge in [0.05, 0.1) is 0 Å². The monoisotopic (exact) mass is 249 g/mol. The van der Waals surface area contributed by atoms with Gasteiger partial charge in [-0.05, 0) is 38.9 Å². The molecule has 1 rings (SSSR count). The van der Waals surface area contributed by atoms with Crippen LogP contribution in [0.2, 0.25) is 0 Å². The topological polar surface area (TPSA) is 21.3 Å². The van der Waals surface area contributed by atoms with Crippen molar-refractivity contribution in [3.8, 4) is 0 Å². The largest absolute Gasteiger partial charge is 0.382 e. The number of ether oxygens (including phenoxy) is 1. The van der Waals surface area contributed by atoms with Crippen LogP contribution in [0.15, 0.2) is 12.1 Å². The number of halogens is 1. The Bertz CT molecular complexity index is 252. The SMILES string of the molecule is CCOCCCNCc1ccc(C)s1.Cl. The number of hydrogen-bond donors (Lipinski definition) is 1. The highest BCUT2D eigenvalue weighted by Crippen LogP contribution is 2.14. The summed E-state index contributed by atoms with van der Waals surface area (Å²) in [5.74, 6) is 0. The van der Waals surface area contributed by atoms with Crippen LogP contribution in [0, 0.1) is 6.92 Å². The van der Waals surface area contributed by atoms with E-state index >= 15 is 0 Å². The minimum absolute atomic E-state index is 0. The number of aryl methyl sites for hydroxylation is 1. The summed E-state index contributed by atoms with van der Waals surface area (Å²) >= 11 is 1.86. The Hall–Kier alpha value is -0.0900. The van der Waals surface area contributed by atoms with Gasteiger partial charge < -0.3 is 10.1 Å². The molecule has 0 saturated carbocycles. The van der Waals surface area contributed by atoms with E-state index in [-0.39, 0.29) is 12.4 Å². The third kappa shape index (κ3) is 6.90. The van der Waals surface area contributed by atoms with Gasteiger partial charge in [0.1, 0.15) is 0 Å². The average Bonchev–Trinajstić information content (AvgIpc) is 2.58. The summed E-state index contributed by atoms with van der Waals surface area (Å²) < 4.78 is 5.25. The van der Waals surface area contributed by atoms with E-state index < -0.39 is 0 Å². The molecule has 1 N–H and O–H groups in total. The van der Waals surface area contributed by atoms with Crippen molar-refractivity contribution in [2.24, 2.45) is 0 Å². The fourth-order valence-electron chi connectivity index (χ4n) is 1.24. The Balaban J connectivity index is 0.00000196. The first-order valence-electron chi connectivity index (χ1n) is 5.16. The molecule has 0 bridgehead atoms. The van der Waals surface area contributed by atoms with Gasteiger partial charge in [-0.2, -0.15) is 0 Å². The van der Waals surface area contributed by atoms with Crippen molar-refractivity contribution in [3.05, 3.63) is 21.9 Å². The van der Waals surface area contributed by atoms with Crippen molar-refractivity contribution in [2.45, 2.75) is 26.8 Å². The first-order chi connectivity index (χ1) is 6.83. The molecule has 0 radical (unpaired) electrons. The molecule has 0 aliphatic carbocycles. The molecule has 0 saturated heterocycles. The van der Waals surface area contributed by atoms with E-state index in [0.717, 1.165) is 32.7 Å². The molecule has 1 heterocycles. The second kappa shape index (κ2) is 9.16. The van der Waals surface area contributed by atoms with E-state index in [2.05, 4.69) is 24.4 Å². The van der Waals surface area contributed by atoms with Crippen LogP contribution < -0.4 is 5.32 Å². The molecule has 1 aromatic heterocycles. The fraction of sp³-hybridized carbons (Fsp3) is 0.636. The molecule has 2 nitrogen and oxygen atoms in total. The summed E-state index contributed by atoms with van der Waals surface area (Å²) in [4.78, 5) is 2.80. The van der Waals surface area contributed by atoms with Crippen molar-refractivity contribution < 1.29 is 4.74 Å². The molecule has 0 aromatic carbocycles. The van der Waals surface area contributed by atoms with Crippen LogP contribution in [-0.4, -0.2) is 19.8 Å². The lowest BCUT2D eigenvalue weighted by Gasteiger charge is -2.02. The molecule has 0 amide bonds. The lowest BCUT2D eigenvalue weighted by atomic mass is 10.4. The molecule has 0 fully saturated rings. The number of nitrogens with one attached hydrogen (secondary N) is 1. The molecule has 0 atom stereocenters.